The number of nitrogens with zero attached hydrogens (tertiary/aromatic N) is 1. The van der Waals surface area contributed by atoms with Crippen LogP contribution in [0.15, 0.2) is 18.2 Å². The summed E-state index contributed by atoms with van der Waals surface area (Å²) in [6, 6.07) is 4.99. The van der Waals surface area contributed by atoms with Gasteiger partial charge in [0.25, 0.3) is 0 Å². The summed E-state index contributed by atoms with van der Waals surface area (Å²) >= 11 is 0. The molecule has 0 unspecified atom stereocenters. The third kappa shape index (κ3) is 1.90. The number of aliphatic hydroxyl groups is 1. The summed E-state index contributed by atoms with van der Waals surface area (Å²) in [5.74, 6) is -0.930. The minimum Gasteiger partial charge on any atom is -0.481 e. The van der Waals surface area contributed by atoms with Gasteiger partial charge in [-0.2, -0.15) is 0 Å². The fourth-order valence-corrected chi connectivity index (χ4v) is 1.03. The molecule has 0 aliphatic carbocycles. The number of aromatic nitrogens is 1. The second-order valence-electron chi connectivity index (χ2n) is 3.60. The first-order chi connectivity index (χ1) is 6.48. The Kier molecular flexibility index (Phi) is 2.86. The summed E-state index contributed by atoms with van der Waals surface area (Å²) in [4.78, 5) is 15.0. The molecule has 0 fully saturated rings. The van der Waals surface area contributed by atoms with Gasteiger partial charge in [-0.25, -0.2) is 0 Å². The standard InChI is InChI=1S/C10H13NO3/c1-10(2,9(13)14)8-5-3-4-7(6-12)11-8/h3-5,12H,6H2,1-2H3,(H,13,14). The Morgan fingerprint density at radius 3 is 2.64 bits per heavy atom. The van der Waals surface area contributed by atoms with Crippen molar-refractivity contribution in [3.8, 4) is 0 Å². The Bertz CT molecular complexity index is 347. The third-order valence-corrected chi connectivity index (χ3v) is 2.14. The van der Waals surface area contributed by atoms with E-state index in [1.54, 1.807) is 32.0 Å². The highest BCUT2D eigenvalue weighted by atomic mass is 16.4. The minimum atomic E-state index is -1.02. The van der Waals surface area contributed by atoms with Crippen LogP contribution in [-0.2, 0) is 16.8 Å². The molecule has 1 aromatic heterocycles. The lowest BCUT2D eigenvalue weighted by Gasteiger charge is -2.18. The van der Waals surface area contributed by atoms with Gasteiger partial charge in [-0.05, 0) is 26.0 Å². The predicted molar refractivity (Wildman–Crippen MR) is 50.8 cm³/mol. The number of rotatable bonds is 3. The molecular weight excluding hydrogens is 182 g/mol. The molecule has 1 rings (SSSR count). The van der Waals surface area contributed by atoms with E-state index in [1.165, 1.54) is 0 Å². The van der Waals surface area contributed by atoms with E-state index in [2.05, 4.69) is 4.98 Å². The lowest BCUT2D eigenvalue weighted by molar-refractivity contribution is -0.142. The molecule has 0 saturated heterocycles. The van der Waals surface area contributed by atoms with E-state index in [4.69, 9.17) is 10.2 Å². The van der Waals surface area contributed by atoms with Crippen molar-refractivity contribution < 1.29 is 15.0 Å². The SMILES string of the molecule is CC(C)(C(=O)O)c1cccc(CO)n1. The van der Waals surface area contributed by atoms with Gasteiger partial charge in [-0.15, -0.1) is 0 Å². The average Bonchev–Trinajstić information content (AvgIpc) is 2.17. The summed E-state index contributed by atoms with van der Waals surface area (Å²) in [5, 5.41) is 17.8. The van der Waals surface area contributed by atoms with Gasteiger partial charge in [0, 0.05) is 0 Å². The fraction of sp³-hybridized carbons (Fsp3) is 0.400. The van der Waals surface area contributed by atoms with Crippen molar-refractivity contribution in [1.82, 2.24) is 4.98 Å². The monoisotopic (exact) mass is 195 g/mol. The zero-order valence-electron chi connectivity index (χ0n) is 8.19. The van der Waals surface area contributed by atoms with E-state index in [0.29, 0.717) is 11.4 Å². The van der Waals surface area contributed by atoms with E-state index in [-0.39, 0.29) is 6.61 Å². The van der Waals surface area contributed by atoms with Gasteiger partial charge in [0.05, 0.1) is 18.0 Å². The Hall–Kier alpha value is -1.42. The number of carboxylic acid groups (broad SMARTS) is 1. The van der Waals surface area contributed by atoms with Gasteiger partial charge in [0.15, 0.2) is 0 Å². The fourth-order valence-electron chi connectivity index (χ4n) is 1.03. The van der Waals surface area contributed by atoms with Gasteiger partial charge in [-0.3, -0.25) is 9.78 Å². The maximum absolute atomic E-state index is 10.9. The summed E-state index contributed by atoms with van der Waals surface area (Å²) < 4.78 is 0. The van der Waals surface area contributed by atoms with Gasteiger partial charge >= 0.3 is 5.97 Å². The van der Waals surface area contributed by atoms with Crippen molar-refractivity contribution >= 4 is 5.97 Å². The van der Waals surface area contributed by atoms with Crippen molar-refractivity contribution in [2.45, 2.75) is 25.9 Å². The van der Waals surface area contributed by atoms with Crippen LogP contribution in [-0.4, -0.2) is 21.2 Å². The van der Waals surface area contributed by atoms with E-state index >= 15 is 0 Å². The van der Waals surface area contributed by atoms with Gasteiger partial charge in [0.1, 0.15) is 5.41 Å². The molecule has 0 aromatic carbocycles. The lowest BCUT2D eigenvalue weighted by atomic mass is 9.89. The first-order valence-electron chi connectivity index (χ1n) is 4.29. The number of aliphatic carboxylic acids is 1. The molecule has 0 amide bonds. The molecule has 0 radical (unpaired) electrons. The molecule has 76 valence electrons. The summed E-state index contributed by atoms with van der Waals surface area (Å²) in [5.41, 5.74) is -0.0843. The summed E-state index contributed by atoms with van der Waals surface area (Å²) in [6.45, 7) is 2.99. The highest BCUT2D eigenvalue weighted by molar-refractivity contribution is 5.79. The summed E-state index contributed by atoms with van der Waals surface area (Å²) in [7, 11) is 0. The Labute approximate surface area is 82.2 Å². The molecule has 4 nitrogen and oxygen atoms in total. The van der Waals surface area contributed by atoms with E-state index < -0.39 is 11.4 Å². The van der Waals surface area contributed by atoms with Gasteiger partial charge in [0.2, 0.25) is 0 Å². The summed E-state index contributed by atoms with van der Waals surface area (Å²) in [6.07, 6.45) is 0. The zero-order chi connectivity index (χ0) is 10.8. The number of aliphatic hydroxyl groups excluding tert-OH is 1. The first-order valence-corrected chi connectivity index (χ1v) is 4.29. The predicted octanol–water partition coefficient (Wildman–Crippen LogP) is 0.936. The van der Waals surface area contributed by atoms with E-state index in [9.17, 15) is 4.79 Å². The molecule has 1 heterocycles. The minimum absolute atomic E-state index is 0.177. The molecule has 0 aliphatic rings. The smallest absolute Gasteiger partial charge is 0.315 e. The normalized spacial score (nSPS) is 11.4. The zero-order valence-corrected chi connectivity index (χ0v) is 8.19. The Morgan fingerprint density at radius 1 is 1.50 bits per heavy atom. The second-order valence-corrected chi connectivity index (χ2v) is 3.60. The molecule has 0 saturated carbocycles. The molecule has 1 aromatic rings. The highest BCUT2D eigenvalue weighted by Crippen LogP contribution is 2.21. The van der Waals surface area contributed by atoms with Crippen LogP contribution in [0.25, 0.3) is 0 Å². The van der Waals surface area contributed by atoms with Crippen LogP contribution < -0.4 is 0 Å². The molecular formula is C10H13NO3. The number of hydrogen-bond acceptors (Lipinski definition) is 3. The maximum Gasteiger partial charge on any atom is 0.315 e. The molecule has 0 atom stereocenters. The first kappa shape index (κ1) is 10.7. The highest BCUT2D eigenvalue weighted by Gasteiger charge is 2.30. The van der Waals surface area contributed by atoms with E-state index in [1.807, 2.05) is 0 Å². The average molecular weight is 195 g/mol. The van der Waals surface area contributed by atoms with E-state index in [0.717, 1.165) is 0 Å². The van der Waals surface area contributed by atoms with Crippen molar-refractivity contribution in [2.24, 2.45) is 0 Å². The third-order valence-electron chi connectivity index (χ3n) is 2.14. The van der Waals surface area contributed by atoms with Crippen LogP contribution >= 0.6 is 0 Å². The van der Waals surface area contributed by atoms with Gasteiger partial charge < -0.3 is 10.2 Å². The van der Waals surface area contributed by atoms with Gasteiger partial charge in [-0.1, -0.05) is 6.07 Å². The quantitative estimate of drug-likeness (QED) is 0.752. The van der Waals surface area contributed by atoms with Crippen LogP contribution in [0, 0.1) is 0 Å². The van der Waals surface area contributed by atoms with Crippen molar-refractivity contribution in [3.63, 3.8) is 0 Å². The van der Waals surface area contributed by atoms with Crippen molar-refractivity contribution in [1.29, 1.82) is 0 Å². The maximum atomic E-state index is 10.9. The molecule has 2 N–H and O–H groups in total. The number of carbonyl (C=O) groups is 1. The topological polar surface area (TPSA) is 70.4 Å². The Morgan fingerprint density at radius 2 is 2.14 bits per heavy atom. The van der Waals surface area contributed by atoms with Crippen LogP contribution in [0.1, 0.15) is 25.2 Å². The van der Waals surface area contributed by atoms with Crippen LogP contribution in [0.5, 0.6) is 0 Å². The lowest BCUT2D eigenvalue weighted by Crippen LogP contribution is -2.29. The molecule has 14 heavy (non-hydrogen) atoms. The number of hydrogen-bond donors (Lipinski definition) is 2. The molecule has 0 bridgehead atoms. The van der Waals surface area contributed by atoms with Crippen LogP contribution in [0.3, 0.4) is 0 Å². The number of carboxylic acids is 1. The van der Waals surface area contributed by atoms with Crippen molar-refractivity contribution in [3.05, 3.63) is 29.6 Å². The largest absolute Gasteiger partial charge is 0.481 e. The molecule has 4 heteroatoms. The Balaban J connectivity index is 3.12. The van der Waals surface area contributed by atoms with Crippen LogP contribution in [0.2, 0.25) is 0 Å². The van der Waals surface area contributed by atoms with Crippen molar-refractivity contribution in [2.75, 3.05) is 0 Å². The molecule has 0 aliphatic heterocycles. The molecule has 0 spiro atoms. The van der Waals surface area contributed by atoms with Crippen LogP contribution in [0.4, 0.5) is 0 Å². The number of pyridine rings is 1. The second kappa shape index (κ2) is 3.75.